The van der Waals surface area contributed by atoms with Gasteiger partial charge in [0.15, 0.2) is 0 Å². The summed E-state index contributed by atoms with van der Waals surface area (Å²) < 4.78 is 1.23. The van der Waals surface area contributed by atoms with Crippen molar-refractivity contribution in [2.75, 3.05) is 11.4 Å². The van der Waals surface area contributed by atoms with Crippen molar-refractivity contribution >= 4 is 49.4 Å². The molecule has 0 radical (unpaired) electrons. The summed E-state index contributed by atoms with van der Waals surface area (Å²) in [7, 11) is 0. The van der Waals surface area contributed by atoms with Crippen LogP contribution < -0.4 is 10.6 Å². The monoisotopic (exact) mass is 361 g/mol. The van der Waals surface area contributed by atoms with E-state index in [0.717, 1.165) is 0 Å². The minimum Gasteiger partial charge on any atom is -0.369 e. The van der Waals surface area contributed by atoms with Crippen LogP contribution in [-0.2, 0) is 9.59 Å². The number of anilines is 1. The van der Waals surface area contributed by atoms with Gasteiger partial charge in [0.25, 0.3) is 0 Å². The zero-order valence-corrected chi connectivity index (χ0v) is 11.9. The van der Waals surface area contributed by atoms with E-state index < -0.39 is 11.8 Å². The van der Waals surface area contributed by atoms with Crippen LogP contribution in [0.2, 0.25) is 0 Å². The molecule has 1 aliphatic rings. The largest absolute Gasteiger partial charge is 0.369 e. The number of aromatic nitrogens is 1. The van der Waals surface area contributed by atoms with Gasteiger partial charge in [-0.3, -0.25) is 9.59 Å². The molecule has 1 aromatic heterocycles. The topological polar surface area (TPSA) is 76.3 Å². The fourth-order valence-electron chi connectivity index (χ4n) is 1.74. The maximum atomic E-state index is 11.8. The van der Waals surface area contributed by atoms with Crippen molar-refractivity contribution in [1.82, 2.24) is 4.98 Å². The van der Waals surface area contributed by atoms with Gasteiger partial charge in [0.1, 0.15) is 9.21 Å². The molecule has 17 heavy (non-hydrogen) atoms. The van der Waals surface area contributed by atoms with E-state index in [1.165, 1.54) is 4.90 Å². The molecule has 90 valence electrons. The third-order valence-corrected chi connectivity index (χ3v) is 3.64. The van der Waals surface area contributed by atoms with Gasteiger partial charge in [0.2, 0.25) is 11.8 Å². The fourth-order valence-corrected chi connectivity index (χ4v) is 2.82. The molecule has 1 aliphatic heterocycles. The van der Waals surface area contributed by atoms with E-state index in [1.54, 1.807) is 12.1 Å². The molecule has 0 saturated carbocycles. The van der Waals surface area contributed by atoms with Crippen molar-refractivity contribution in [3.63, 3.8) is 0 Å². The Hall–Kier alpha value is -0.950. The lowest BCUT2D eigenvalue weighted by molar-refractivity contribution is -0.123. The van der Waals surface area contributed by atoms with Crippen LogP contribution in [0.1, 0.15) is 6.42 Å². The minimum absolute atomic E-state index is 0.112. The number of halogens is 2. The Balaban J connectivity index is 2.29. The third-order valence-electron chi connectivity index (χ3n) is 2.61. The molecule has 2 N–H and O–H groups in total. The maximum Gasteiger partial charge on any atom is 0.227 e. The molecular formula is C10H9Br2N3O2. The van der Waals surface area contributed by atoms with Crippen molar-refractivity contribution in [2.45, 2.75) is 6.42 Å². The lowest BCUT2D eigenvalue weighted by Gasteiger charge is -2.17. The summed E-state index contributed by atoms with van der Waals surface area (Å²) >= 11 is 6.53. The van der Waals surface area contributed by atoms with E-state index in [9.17, 15) is 9.59 Å². The fraction of sp³-hybridized carbons (Fsp3) is 0.300. The zero-order valence-electron chi connectivity index (χ0n) is 8.69. The molecule has 0 spiro atoms. The number of carbonyl (C=O) groups is 2. The van der Waals surface area contributed by atoms with Gasteiger partial charge in [-0.1, -0.05) is 0 Å². The van der Waals surface area contributed by atoms with Gasteiger partial charge in [-0.05, 0) is 44.0 Å². The Morgan fingerprint density at radius 2 is 2.18 bits per heavy atom. The molecule has 2 amide bonds. The number of primary amides is 1. The van der Waals surface area contributed by atoms with Crippen molar-refractivity contribution in [3.05, 3.63) is 21.3 Å². The molecule has 0 bridgehead atoms. The average Bonchev–Trinajstić information content (AvgIpc) is 2.61. The predicted molar refractivity (Wildman–Crippen MR) is 69.3 cm³/mol. The van der Waals surface area contributed by atoms with Gasteiger partial charge in [0, 0.05) is 13.0 Å². The van der Waals surface area contributed by atoms with Crippen LogP contribution in [-0.4, -0.2) is 23.3 Å². The predicted octanol–water partition coefficient (Wildman–Crippen LogP) is 1.44. The van der Waals surface area contributed by atoms with Crippen LogP contribution in [0.25, 0.3) is 0 Å². The summed E-state index contributed by atoms with van der Waals surface area (Å²) in [6, 6.07) is 3.51. The zero-order chi connectivity index (χ0) is 12.6. The number of nitrogens with two attached hydrogens (primary N) is 1. The first-order valence-corrected chi connectivity index (χ1v) is 6.49. The SMILES string of the molecule is NC(=O)C1CC(=O)N(c2ccc(Br)nc2Br)C1. The molecule has 1 unspecified atom stereocenters. The lowest BCUT2D eigenvalue weighted by Crippen LogP contribution is -2.28. The van der Waals surface area contributed by atoms with Crippen molar-refractivity contribution in [2.24, 2.45) is 11.7 Å². The number of nitrogens with zero attached hydrogens (tertiary/aromatic N) is 2. The Kier molecular flexibility index (Phi) is 3.48. The maximum absolute atomic E-state index is 11.8. The molecule has 0 aromatic carbocycles. The van der Waals surface area contributed by atoms with Gasteiger partial charge >= 0.3 is 0 Å². The molecule has 1 saturated heterocycles. The number of rotatable bonds is 2. The van der Waals surface area contributed by atoms with Crippen LogP contribution in [0.5, 0.6) is 0 Å². The Morgan fingerprint density at radius 1 is 1.47 bits per heavy atom. The van der Waals surface area contributed by atoms with Crippen LogP contribution in [0.3, 0.4) is 0 Å². The van der Waals surface area contributed by atoms with Gasteiger partial charge < -0.3 is 10.6 Å². The molecule has 5 nitrogen and oxygen atoms in total. The van der Waals surface area contributed by atoms with Crippen LogP contribution in [0.4, 0.5) is 5.69 Å². The second-order valence-electron chi connectivity index (χ2n) is 3.75. The Bertz CT molecular complexity index is 492. The quantitative estimate of drug-likeness (QED) is 0.809. The van der Waals surface area contributed by atoms with Gasteiger partial charge in [-0.15, -0.1) is 0 Å². The van der Waals surface area contributed by atoms with Crippen molar-refractivity contribution in [3.8, 4) is 0 Å². The Labute approximate surface area is 115 Å². The van der Waals surface area contributed by atoms with E-state index in [4.69, 9.17) is 5.73 Å². The number of hydrogen-bond acceptors (Lipinski definition) is 3. The van der Waals surface area contributed by atoms with E-state index in [1.807, 2.05) is 0 Å². The second kappa shape index (κ2) is 4.73. The summed E-state index contributed by atoms with van der Waals surface area (Å²) in [5.74, 6) is -0.973. The Morgan fingerprint density at radius 3 is 2.71 bits per heavy atom. The number of amides is 2. The first-order valence-electron chi connectivity index (χ1n) is 4.90. The first kappa shape index (κ1) is 12.5. The number of carbonyl (C=O) groups excluding carboxylic acids is 2. The standard InChI is InChI=1S/C10H9Br2N3O2/c11-7-2-1-6(9(12)14-7)15-4-5(10(13)17)3-8(15)16/h1-2,5H,3-4H2,(H2,13,17). The molecule has 1 atom stereocenters. The molecule has 2 rings (SSSR count). The van der Waals surface area contributed by atoms with E-state index in [0.29, 0.717) is 21.4 Å². The normalized spacial score (nSPS) is 19.8. The summed E-state index contributed by atoms with van der Waals surface area (Å²) in [5, 5.41) is 0. The third kappa shape index (κ3) is 2.50. The van der Waals surface area contributed by atoms with Crippen LogP contribution in [0.15, 0.2) is 21.3 Å². The van der Waals surface area contributed by atoms with Crippen molar-refractivity contribution in [1.29, 1.82) is 0 Å². The molecule has 1 fully saturated rings. The summed E-state index contributed by atoms with van der Waals surface area (Å²) in [5.41, 5.74) is 5.86. The smallest absolute Gasteiger partial charge is 0.227 e. The summed E-state index contributed by atoms with van der Waals surface area (Å²) in [6.07, 6.45) is 0.165. The summed E-state index contributed by atoms with van der Waals surface area (Å²) in [4.78, 5) is 28.5. The van der Waals surface area contributed by atoms with E-state index in [-0.39, 0.29) is 12.3 Å². The number of hydrogen-bond donors (Lipinski definition) is 1. The highest BCUT2D eigenvalue weighted by atomic mass is 79.9. The highest BCUT2D eigenvalue weighted by Gasteiger charge is 2.34. The molecule has 7 heteroatoms. The average molecular weight is 363 g/mol. The first-order chi connectivity index (χ1) is 7.99. The second-order valence-corrected chi connectivity index (χ2v) is 5.32. The summed E-state index contributed by atoms with van der Waals surface area (Å²) in [6.45, 7) is 0.316. The van der Waals surface area contributed by atoms with Gasteiger partial charge in [-0.25, -0.2) is 4.98 Å². The lowest BCUT2D eigenvalue weighted by atomic mass is 10.1. The number of pyridine rings is 1. The molecule has 2 heterocycles. The molecule has 0 aliphatic carbocycles. The highest BCUT2D eigenvalue weighted by molar-refractivity contribution is 9.11. The van der Waals surface area contributed by atoms with Crippen LogP contribution >= 0.6 is 31.9 Å². The van der Waals surface area contributed by atoms with Gasteiger partial charge in [0.05, 0.1) is 11.6 Å². The molecular weight excluding hydrogens is 354 g/mol. The minimum atomic E-state index is -0.443. The highest BCUT2D eigenvalue weighted by Crippen LogP contribution is 2.31. The van der Waals surface area contributed by atoms with E-state index >= 15 is 0 Å². The van der Waals surface area contributed by atoms with Crippen molar-refractivity contribution < 1.29 is 9.59 Å². The molecule has 1 aromatic rings. The van der Waals surface area contributed by atoms with Gasteiger partial charge in [-0.2, -0.15) is 0 Å². The van der Waals surface area contributed by atoms with Crippen LogP contribution in [0, 0.1) is 5.92 Å². The van der Waals surface area contributed by atoms with E-state index in [2.05, 4.69) is 36.8 Å².